The van der Waals surface area contributed by atoms with Crippen LogP contribution in [0.1, 0.15) is 5.56 Å². The highest BCUT2D eigenvalue weighted by atomic mass is 79.9. The third kappa shape index (κ3) is 3.89. The van der Waals surface area contributed by atoms with Gasteiger partial charge in [0.05, 0.1) is 5.75 Å². The molecule has 0 aromatic heterocycles. The molecule has 0 heterocycles. The molecule has 0 nitrogen and oxygen atoms in total. The number of benzene rings is 1. The van der Waals surface area contributed by atoms with Crippen LogP contribution in [-0.4, -0.2) is 35.1 Å². The Hall–Kier alpha value is -1.14. The highest BCUT2D eigenvalue weighted by Crippen LogP contribution is 3.05. The maximum Gasteiger partial charge on any atom is 0.460 e. The minimum absolute atomic E-state index is 0.0813. The maximum atomic E-state index is 13.9. The summed E-state index contributed by atoms with van der Waals surface area (Å²) in [5.41, 5.74) is -1.63. The third-order valence-corrected chi connectivity index (χ3v) is 6.68. The second-order valence-electron chi connectivity index (χ2n) is 6.32. The number of alkyl halides is 13. The van der Waals surface area contributed by atoms with Crippen LogP contribution in [0.25, 0.3) is 0 Å². The molecule has 1 aromatic carbocycles. The largest absolute Gasteiger partial charge is 0.460 e. The molecule has 0 radical (unpaired) electrons. The molecule has 0 saturated carbocycles. The van der Waals surface area contributed by atoms with Crippen molar-refractivity contribution in [2.24, 2.45) is 0 Å². The van der Waals surface area contributed by atoms with E-state index >= 15 is 0 Å². The van der Waals surface area contributed by atoms with Crippen molar-refractivity contribution in [3.05, 3.63) is 34.3 Å². The average Bonchev–Trinajstić information content (AvgIpc) is 2.53. The molecule has 1 rings (SSSR count). The van der Waals surface area contributed by atoms with E-state index in [-0.39, 0.29) is 16.6 Å². The minimum atomic E-state index is -12.0. The molecule has 0 spiro atoms. The summed E-state index contributed by atoms with van der Waals surface area (Å²) in [6.45, 7) is 0. The summed E-state index contributed by atoms with van der Waals surface area (Å²) in [5.74, 6) is -38.1. The Morgan fingerprint density at radius 2 is 0.906 bits per heavy atom. The fourth-order valence-corrected chi connectivity index (χ4v) is 4.05. The molecule has 0 bridgehead atoms. The van der Waals surface area contributed by atoms with Crippen molar-refractivity contribution in [3.8, 4) is 0 Å². The molecule has 0 aliphatic heterocycles. The molecule has 1 aromatic rings. The monoisotopic (exact) mass is 596 g/mol. The topological polar surface area (TPSA) is 0 Å². The zero-order chi connectivity index (χ0) is 26.1. The van der Waals surface area contributed by atoms with Crippen molar-refractivity contribution in [2.75, 3.05) is 0 Å². The van der Waals surface area contributed by atoms with E-state index in [9.17, 15) is 72.6 Å². The minimum Gasteiger partial charge on any atom is -0.192 e. The molecule has 0 saturated heterocycles. The Morgan fingerprint density at radius 3 is 1.25 bits per heavy atom. The molecule has 19 heteroatoms. The van der Waals surface area contributed by atoms with Gasteiger partial charge in [-0.25, -0.2) is 0 Å². The summed E-state index contributed by atoms with van der Waals surface area (Å²) in [6, 6.07) is 1.54. The summed E-state index contributed by atoms with van der Waals surface area (Å²) < 4.78 is 224. The fourth-order valence-electron chi connectivity index (χ4n) is 2.05. The van der Waals surface area contributed by atoms with Crippen LogP contribution >= 0.6 is 25.8 Å². The zero-order valence-corrected chi connectivity index (χ0v) is 16.6. The highest BCUT2D eigenvalue weighted by Gasteiger charge is 2.99. The van der Waals surface area contributed by atoms with Crippen LogP contribution in [0.4, 0.5) is 72.6 Å². The van der Waals surface area contributed by atoms with Crippen molar-refractivity contribution in [1.29, 1.82) is 0 Å². The number of halogens is 18. The van der Waals surface area contributed by atoms with Gasteiger partial charge in [-0.05, 0) is 17.7 Å². The van der Waals surface area contributed by atoms with Gasteiger partial charge in [-0.15, -0.1) is 15.5 Å². The van der Waals surface area contributed by atoms with Crippen molar-refractivity contribution in [3.63, 3.8) is 0 Å². The quantitative estimate of drug-likeness (QED) is 0.275. The summed E-state index contributed by atoms with van der Waals surface area (Å²) in [6.07, 6.45) is -7.80. The van der Waals surface area contributed by atoms with Gasteiger partial charge in [0.2, 0.25) is 9.84 Å². The van der Waals surface area contributed by atoms with Crippen molar-refractivity contribution in [1.82, 2.24) is 0 Å². The lowest BCUT2D eigenvalue weighted by molar-refractivity contribution is -0.434. The van der Waals surface area contributed by atoms with E-state index in [0.717, 1.165) is 0 Å². The Bertz CT molecular complexity index is 863. The molecular weight excluding hydrogens is 591 g/mol. The maximum absolute atomic E-state index is 13.9. The molecule has 0 atom stereocenters. The van der Waals surface area contributed by atoms with Gasteiger partial charge >= 0.3 is 35.1 Å². The Morgan fingerprint density at radius 1 is 0.562 bits per heavy atom. The first-order chi connectivity index (χ1) is 13.5. The Kier molecular flexibility index (Phi) is 6.06. The SMILES string of the molecule is FC(F)(F)C(F)(F)C(F)(F)C(F)(F)C(F)(F)C(F)(F)S(F)(F)(F)(F)Cc1ccc(Br)cc1. The van der Waals surface area contributed by atoms with Gasteiger partial charge in [0.1, 0.15) is 0 Å². The predicted octanol–water partition coefficient (Wildman–Crippen LogP) is 9.06. The first-order valence-corrected chi connectivity index (χ1v) is 10.2. The van der Waals surface area contributed by atoms with Gasteiger partial charge in [-0.1, -0.05) is 28.1 Å². The standard InChI is InChI=1S/C13H6BrF17S/c14-7-3-1-6(2-4-7)5-32(28,29,30,31)13(26,27)11(21,22)9(17,18)8(15,16)10(19,20)12(23,24)25/h1-4H,5H2. The Labute approximate surface area is 174 Å². The number of hydrogen-bond donors (Lipinski definition) is 0. The Balaban J connectivity index is 3.75. The summed E-state index contributed by atoms with van der Waals surface area (Å²) in [4.78, 5) is 0. The fraction of sp³-hybridized carbons (Fsp3) is 0.538. The van der Waals surface area contributed by atoms with Gasteiger partial charge in [-0.3, -0.25) is 0 Å². The first-order valence-electron chi connectivity index (χ1n) is 7.18. The molecule has 0 fully saturated rings. The lowest BCUT2D eigenvalue weighted by Gasteiger charge is -2.56. The smallest absolute Gasteiger partial charge is 0.192 e. The molecule has 0 aliphatic carbocycles. The van der Waals surface area contributed by atoms with Crippen LogP contribution in [0.5, 0.6) is 0 Å². The average molecular weight is 597 g/mol. The van der Waals surface area contributed by atoms with E-state index in [2.05, 4.69) is 15.9 Å². The van der Waals surface area contributed by atoms with E-state index in [1.54, 1.807) is 0 Å². The van der Waals surface area contributed by atoms with Crippen LogP contribution in [0, 0.1) is 0 Å². The van der Waals surface area contributed by atoms with Crippen molar-refractivity contribution < 1.29 is 72.6 Å². The van der Waals surface area contributed by atoms with Crippen LogP contribution in [0.15, 0.2) is 28.7 Å². The summed E-state index contributed by atoms with van der Waals surface area (Å²) in [5, 5.41) is -8.82. The van der Waals surface area contributed by atoms with Crippen LogP contribution in [-0.2, 0) is 5.75 Å². The lowest BCUT2D eigenvalue weighted by atomic mass is 9.98. The van der Waals surface area contributed by atoms with Gasteiger partial charge in [0, 0.05) is 4.47 Å². The van der Waals surface area contributed by atoms with Gasteiger partial charge in [0.15, 0.2) is 0 Å². The molecule has 190 valence electrons. The molecular formula is C13H6BrF17S. The van der Waals surface area contributed by atoms with Crippen LogP contribution < -0.4 is 0 Å². The van der Waals surface area contributed by atoms with Crippen molar-refractivity contribution >= 4 is 25.8 Å². The summed E-state index contributed by atoms with van der Waals surface area (Å²) >= 11 is 2.63. The number of rotatable bonds is 7. The van der Waals surface area contributed by atoms with Gasteiger partial charge in [0.25, 0.3) is 0 Å². The first kappa shape index (κ1) is 28.9. The van der Waals surface area contributed by atoms with Gasteiger partial charge in [-0.2, -0.15) is 57.1 Å². The van der Waals surface area contributed by atoms with E-state index in [4.69, 9.17) is 0 Å². The summed E-state index contributed by atoms with van der Waals surface area (Å²) in [7, 11) is -12.0. The third-order valence-electron chi connectivity index (χ3n) is 3.84. The second-order valence-corrected chi connectivity index (χ2v) is 10.5. The molecule has 0 aliphatic rings. The molecule has 0 unspecified atom stereocenters. The second kappa shape index (κ2) is 6.71. The number of hydrogen-bond acceptors (Lipinski definition) is 0. The normalized spacial score (nSPS) is 17.7. The highest BCUT2D eigenvalue weighted by molar-refractivity contribution is 9.10. The van der Waals surface area contributed by atoms with E-state index in [1.807, 2.05) is 0 Å². The zero-order valence-electron chi connectivity index (χ0n) is 14.2. The van der Waals surface area contributed by atoms with E-state index < -0.39 is 56.3 Å². The van der Waals surface area contributed by atoms with Crippen LogP contribution in [0.3, 0.4) is 0 Å². The lowest BCUT2D eigenvalue weighted by Crippen LogP contribution is -2.71. The van der Waals surface area contributed by atoms with Crippen LogP contribution in [0.2, 0.25) is 0 Å². The van der Waals surface area contributed by atoms with E-state index in [1.165, 1.54) is 0 Å². The predicted molar refractivity (Wildman–Crippen MR) is 80.7 cm³/mol. The van der Waals surface area contributed by atoms with Crippen molar-refractivity contribution in [2.45, 2.75) is 40.9 Å². The van der Waals surface area contributed by atoms with E-state index in [0.29, 0.717) is 12.1 Å². The van der Waals surface area contributed by atoms with Gasteiger partial charge < -0.3 is 0 Å². The molecule has 32 heavy (non-hydrogen) atoms. The molecule has 0 amide bonds. The molecule has 0 N–H and O–H groups in total.